The standard InChI is InChI=1S/C16H20ClNO2/c1-12-8-9-13(11-14(12)17)7-5-6-10-18-15(19)20-16(2,3)4/h8-9,11H,6,10H2,1-4H3,(H,18,19). The SMILES string of the molecule is Cc1ccc(C#CCCNC(=O)OC(C)(C)C)cc1Cl. The third-order valence-corrected chi connectivity index (χ3v) is 2.73. The van der Waals surface area contributed by atoms with Gasteiger partial charge in [-0.2, -0.15) is 0 Å². The van der Waals surface area contributed by atoms with Crippen molar-refractivity contribution in [1.29, 1.82) is 0 Å². The van der Waals surface area contributed by atoms with E-state index in [2.05, 4.69) is 17.2 Å². The normalized spacial score (nSPS) is 10.4. The molecule has 0 fully saturated rings. The van der Waals surface area contributed by atoms with Gasteiger partial charge in [-0.15, -0.1) is 0 Å². The number of hydrogen-bond donors (Lipinski definition) is 1. The summed E-state index contributed by atoms with van der Waals surface area (Å²) in [5, 5.41) is 3.37. The molecule has 1 rings (SSSR count). The molecular formula is C16H20ClNO2. The van der Waals surface area contributed by atoms with Crippen molar-refractivity contribution >= 4 is 17.7 Å². The van der Waals surface area contributed by atoms with Crippen LogP contribution in [0.2, 0.25) is 5.02 Å². The van der Waals surface area contributed by atoms with Crippen molar-refractivity contribution in [3.8, 4) is 11.8 Å². The topological polar surface area (TPSA) is 38.3 Å². The van der Waals surface area contributed by atoms with Gasteiger partial charge < -0.3 is 10.1 Å². The molecule has 0 unspecified atom stereocenters. The summed E-state index contributed by atoms with van der Waals surface area (Å²) in [4.78, 5) is 11.4. The number of benzene rings is 1. The molecule has 1 amide bonds. The Hall–Kier alpha value is -1.66. The lowest BCUT2D eigenvalue weighted by Gasteiger charge is -2.19. The van der Waals surface area contributed by atoms with Crippen LogP contribution >= 0.6 is 11.6 Å². The van der Waals surface area contributed by atoms with Crippen molar-refractivity contribution < 1.29 is 9.53 Å². The molecule has 4 heteroatoms. The van der Waals surface area contributed by atoms with Crippen LogP contribution in [0.3, 0.4) is 0 Å². The summed E-state index contributed by atoms with van der Waals surface area (Å²) < 4.78 is 5.12. The fourth-order valence-electron chi connectivity index (χ4n) is 1.38. The van der Waals surface area contributed by atoms with E-state index in [9.17, 15) is 4.79 Å². The quantitative estimate of drug-likeness (QED) is 0.663. The highest BCUT2D eigenvalue weighted by Crippen LogP contribution is 2.15. The fraction of sp³-hybridized carbons (Fsp3) is 0.438. The first kappa shape index (κ1) is 16.4. The zero-order chi connectivity index (χ0) is 15.2. The van der Waals surface area contributed by atoms with Crippen molar-refractivity contribution in [2.24, 2.45) is 0 Å². The Morgan fingerprint density at radius 3 is 2.70 bits per heavy atom. The third kappa shape index (κ3) is 6.49. The molecule has 0 aliphatic heterocycles. The summed E-state index contributed by atoms with van der Waals surface area (Å²) in [5.41, 5.74) is 1.43. The molecule has 0 heterocycles. The van der Waals surface area contributed by atoms with Crippen molar-refractivity contribution in [3.63, 3.8) is 0 Å². The minimum absolute atomic E-state index is 0.419. The van der Waals surface area contributed by atoms with E-state index in [0.29, 0.717) is 18.0 Å². The van der Waals surface area contributed by atoms with Gasteiger partial charge in [0.1, 0.15) is 5.60 Å². The number of halogens is 1. The zero-order valence-corrected chi connectivity index (χ0v) is 13.1. The molecule has 1 N–H and O–H groups in total. The van der Waals surface area contributed by atoms with Gasteiger partial charge in [0, 0.05) is 23.6 Å². The van der Waals surface area contributed by atoms with Gasteiger partial charge in [0.05, 0.1) is 0 Å². The Kier molecular flexibility index (Phi) is 5.91. The molecular weight excluding hydrogens is 274 g/mol. The maximum Gasteiger partial charge on any atom is 0.407 e. The number of nitrogens with one attached hydrogen (secondary N) is 1. The summed E-state index contributed by atoms with van der Waals surface area (Å²) >= 11 is 6.02. The number of amides is 1. The van der Waals surface area contributed by atoms with Gasteiger partial charge in [0.15, 0.2) is 0 Å². The van der Waals surface area contributed by atoms with Crippen LogP contribution in [0.5, 0.6) is 0 Å². The van der Waals surface area contributed by atoms with E-state index in [1.54, 1.807) is 0 Å². The molecule has 1 aromatic carbocycles. The van der Waals surface area contributed by atoms with E-state index >= 15 is 0 Å². The second-order valence-corrected chi connectivity index (χ2v) is 5.85. The second kappa shape index (κ2) is 7.21. The molecule has 0 bridgehead atoms. The zero-order valence-electron chi connectivity index (χ0n) is 12.3. The second-order valence-electron chi connectivity index (χ2n) is 5.44. The van der Waals surface area contributed by atoms with Crippen molar-refractivity contribution in [1.82, 2.24) is 5.32 Å². The molecule has 108 valence electrons. The Morgan fingerprint density at radius 2 is 2.10 bits per heavy atom. The van der Waals surface area contributed by atoms with E-state index in [1.807, 2.05) is 45.9 Å². The Bertz CT molecular complexity index is 536. The summed E-state index contributed by atoms with van der Waals surface area (Å²) in [6.07, 6.45) is 0.141. The summed E-state index contributed by atoms with van der Waals surface area (Å²) in [7, 11) is 0. The van der Waals surface area contributed by atoms with Gasteiger partial charge in [-0.1, -0.05) is 29.5 Å². The van der Waals surface area contributed by atoms with Crippen molar-refractivity contribution in [2.75, 3.05) is 6.54 Å². The van der Waals surface area contributed by atoms with Gasteiger partial charge in [-0.3, -0.25) is 0 Å². The molecule has 1 aromatic rings. The van der Waals surface area contributed by atoms with Crippen molar-refractivity contribution in [3.05, 3.63) is 34.3 Å². The molecule has 3 nitrogen and oxygen atoms in total. The van der Waals surface area contributed by atoms with E-state index in [1.165, 1.54) is 0 Å². The van der Waals surface area contributed by atoms with E-state index in [-0.39, 0.29) is 0 Å². The fourth-order valence-corrected chi connectivity index (χ4v) is 1.56. The highest BCUT2D eigenvalue weighted by Gasteiger charge is 2.15. The monoisotopic (exact) mass is 293 g/mol. The molecule has 0 radical (unpaired) electrons. The molecule has 0 atom stereocenters. The number of rotatable bonds is 2. The number of carbonyl (C=O) groups excluding carboxylic acids is 1. The van der Waals surface area contributed by atoms with Gasteiger partial charge in [0.2, 0.25) is 0 Å². The van der Waals surface area contributed by atoms with Crippen molar-refractivity contribution in [2.45, 2.75) is 39.7 Å². The molecule has 0 saturated carbocycles. The molecule has 0 aliphatic carbocycles. The minimum atomic E-state index is -0.478. The van der Waals surface area contributed by atoms with E-state index in [4.69, 9.17) is 16.3 Å². The van der Waals surface area contributed by atoms with Crippen LogP contribution in [0.4, 0.5) is 4.79 Å². The Labute approximate surface area is 125 Å². The Morgan fingerprint density at radius 1 is 1.40 bits per heavy atom. The number of carbonyl (C=O) groups is 1. The van der Waals surface area contributed by atoms with Gasteiger partial charge in [-0.05, 0) is 45.4 Å². The van der Waals surface area contributed by atoms with Crippen LogP contribution in [-0.4, -0.2) is 18.2 Å². The maximum atomic E-state index is 11.4. The summed E-state index contributed by atoms with van der Waals surface area (Å²) in [6.45, 7) is 7.89. The summed E-state index contributed by atoms with van der Waals surface area (Å²) in [6, 6.07) is 5.70. The van der Waals surface area contributed by atoms with Crippen LogP contribution in [0, 0.1) is 18.8 Å². The Balaban J connectivity index is 2.36. The first-order valence-corrected chi connectivity index (χ1v) is 6.87. The smallest absolute Gasteiger partial charge is 0.407 e. The van der Waals surface area contributed by atoms with Gasteiger partial charge >= 0.3 is 6.09 Å². The summed E-state index contributed by atoms with van der Waals surface area (Å²) in [5.74, 6) is 6.00. The molecule has 0 spiro atoms. The third-order valence-electron chi connectivity index (χ3n) is 2.32. The van der Waals surface area contributed by atoms with Crippen LogP contribution in [0.1, 0.15) is 38.3 Å². The minimum Gasteiger partial charge on any atom is -0.444 e. The first-order chi connectivity index (χ1) is 9.28. The average molecular weight is 294 g/mol. The highest BCUT2D eigenvalue weighted by atomic mass is 35.5. The predicted octanol–water partition coefficient (Wildman–Crippen LogP) is 3.91. The van der Waals surface area contributed by atoms with Gasteiger partial charge in [-0.25, -0.2) is 4.79 Å². The largest absolute Gasteiger partial charge is 0.444 e. The highest BCUT2D eigenvalue weighted by molar-refractivity contribution is 6.31. The van der Waals surface area contributed by atoms with Crippen LogP contribution in [0.15, 0.2) is 18.2 Å². The first-order valence-electron chi connectivity index (χ1n) is 6.50. The van der Waals surface area contributed by atoms with E-state index < -0.39 is 11.7 Å². The van der Waals surface area contributed by atoms with Crippen LogP contribution < -0.4 is 5.32 Å². The lowest BCUT2D eigenvalue weighted by Crippen LogP contribution is -2.32. The maximum absolute atomic E-state index is 11.4. The number of ether oxygens (including phenoxy) is 1. The molecule has 20 heavy (non-hydrogen) atoms. The lowest BCUT2D eigenvalue weighted by atomic mass is 10.1. The predicted molar refractivity (Wildman–Crippen MR) is 81.9 cm³/mol. The lowest BCUT2D eigenvalue weighted by molar-refractivity contribution is 0.0529. The number of hydrogen-bond acceptors (Lipinski definition) is 2. The van der Waals surface area contributed by atoms with E-state index in [0.717, 1.165) is 11.1 Å². The molecule has 0 aromatic heterocycles. The average Bonchev–Trinajstić information content (AvgIpc) is 2.31. The van der Waals surface area contributed by atoms with Crippen LogP contribution in [-0.2, 0) is 4.74 Å². The van der Waals surface area contributed by atoms with Crippen LogP contribution in [0.25, 0.3) is 0 Å². The van der Waals surface area contributed by atoms with Gasteiger partial charge in [0.25, 0.3) is 0 Å². The molecule has 0 saturated heterocycles. The number of alkyl carbamates (subject to hydrolysis) is 1. The number of aryl methyl sites for hydroxylation is 1. The molecule has 0 aliphatic rings.